The number of halogens is 1. The maximum absolute atomic E-state index is 10.9. The number of fused-ring (bicyclic) bond motifs is 1. The molecule has 2 atom stereocenters. The average Bonchev–Trinajstić information content (AvgIpc) is 1.92. The van der Waals surface area contributed by atoms with Crippen molar-refractivity contribution in [2.24, 2.45) is 5.92 Å². The molecule has 0 aromatic heterocycles. The van der Waals surface area contributed by atoms with Crippen molar-refractivity contribution >= 4 is 21.7 Å². The van der Waals surface area contributed by atoms with Gasteiger partial charge in [-0.05, 0) is 11.6 Å². The summed E-state index contributed by atoms with van der Waals surface area (Å²) in [7, 11) is 0. The van der Waals surface area contributed by atoms with Gasteiger partial charge in [-0.2, -0.15) is 0 Å². The molecule has 0 N–H and O–H groups in total. The summed E-state index contributed by atoms with van der Waals surface area (Å²) in [6.45, 7) is 0. The van der Waals surface area contributed by atoms with Gasteiger partial charge in [-0.3, -0.25) is 4.79 Å². The number of ketones is 1. The molecule has 0 amide bonds. The molecule has 0 aromatic rings. The Morgan fingerprint density at radius 2 is 2.33 bits per heavy atom. The summed E-state index contributed by atoms with van der Waals surface area (Å²) in [6.07, 6.45) is 5.75. The maximum atomic E-state index is 10.9. The fraction of sp³-hybridized carbons (Fsp3) is 0.286. The Labute approximate surface area is 61.6 Å². The predicted octanol–water partition coefficient (Wildman–Crippen LogP) is 1.45. The Bertz CT molecular complexity index is 227. The van der Waals surface area contributed by atoms with E-state index in [-0.39, 0.29) is 10.6 Å². The van der Waals surface area contributed by atoms with Crippen LogP contribution < -0.4 is 0 Å². The van der Waals surface area contributed by atoms with Crippen LogP contribution in [0.2, 0.25) is 0 Å². The van der Waals surface area contributed by atoms with Gasteiger partial charge in [-0.1, -0.05) is 28.1 Å². The van der Waals surface area contributed by atoms with Crippen LogP contribution >= 0.6 is 15.9 Å². The number of allylic oxidation sites excluding steroid dienone is 4. The normalized spacial score (nSPS) is 37.9. The summed E-state index contributed by atoms with van der Waals surface area (Å²) in [4.78, 5) is 10.9. The standard InChI is InChI=1S/C7H5BrO/c8-7-5-2-1-4(5)3-6(7)9/h1-3,5,7H. The van der Waals surface area contributed by atoms with Crippen LogP contribution in [0.1, 0.15) is 0 Å². The number of hydrogen-bond acceptors (Lipinski definition) is 1. The van der Waals surface area contributed by atoms with Gasteiger partial charge in [0.15, 0.2) is 5.78 Å². The molecule has 0 radical (unpaired) electrons. The van der Waals surface area contributed by atoms with Crippen LogP contribution in [0, 0.1) is 5.92 Å². The quantitative estimate of drug-likeness (QED) is 0.522. The minimum atomic E-state index is 0.0394. The summed E-state index contributed by atoms with van der Waals surface area (Å²) in [6, 6.07) is 0. The Morgan fingerprint density at radius 3 is 2.56 bits per heavy atom. The lowest BCUT2D eigenvalue weighted by Gasteiger charge is -2.17. The first kappa shape index (κ1) is 5.42. The predicted molar refractivity (Wildman–Crippen MR) is 38.4 cm³/mol. The highest BCUT2D eigenvalue weighted by Crippen LogP contribution is 2.37. The van der Waals surface area contributed by atoms with Crippen molar-refractivity contribution in [2.75, 3.05) is 0 Å². The van der Waals surface area contributed by atoms with E-state index >= 15 is 0 Å². The van der Waals surface area contributed by atoms with E-state index in [9.17, 15) is 4.79 Å². The first-order chi connectivity index (χ1) is 4.29. The van der Waals surface area contributed by atoms with Gasteiger partial charge in [0.1, 0.15) is 0 Å². The van der Waals surface area contributed by atoms with Gasteiger partial charge in [-0.15, -0.1) is 0 Å². The van der Waals surface area contributed by atoms with Gasteiger partial charge in [0.2, 0.25) is 0 Å². The minimum absolute atomic E-state index is 0.0394. The van der Waals surface area contributed by atoms with Crippen LogP contribution in [0.3, 0.4) is 0 Å². The first-order valence-electron chi connectivity index (χ1n) is 2.87. The second-order valence-electron chi connectivity index (χ2n) is 2.33. The van der Waals surface area contributed by atoms with Crippen molar-refractivity contribution in [3.05, 3.63) is 23.8 Å². The summed E-state index contributed by atoms with van der Waals surface area (Å²) < 4.78 is 0. The molecule has 0 saturated carbocycles. The highest BCUT2D eigenvalue weighted by atomic mass is 79.9. The molecule has 1 nitrogen and oxygen atoms in total. The SMILES string of the molecule is O=C1C=C2C=CC2C1Br. The molecular formula is C7H5BrO. The molecular weight excluding hydrogens is 180 g/mol. The third kappa shape index (κ3) is 0.568. The highest BCUT2D eigenvalue weighted by molar-refractivity contribution is 9.10. The molecule has 0 fully saturated rings. The third-order valence-electron chi connectivity index (χ3n) is 1.78. The smallest absolute Gasteiger partial charge is 0.170 e. The Morgan fingerprint density at radius 1 is 1.56 bits per heavy atom. The van der Waals surface area contributed by atoms with Crippen LogP contribution in [0.5, 0.6) is 0 Å². The molecule has 0 bridgehead atoms. The molecule has 2 heteroatoms. The topological polar surface area (TPSA) is 17.1 Å². The monoisotopic (exact) mass is 184 g/mol. The molecule has 2 aliphatic rings. The summed E-state index contributed by atoms with van der Waals surface area (Å²) in [5, 5.41) is 0. The number of hydrogen-bond donors (Lipinski definition) is 0. The zero-order valence-corrected chi connectivity index (χ0v) is 6.26. The fourth-order valence-corrected chi connectivity index (χ4v) is 1.76. The van der Waals surface area contributed by atoms with Crippen molar-refractivity contribution in [3.63, 3.8) is 0 Å². The zero-order valence-electron chi connectivity index (χ0n) is 4.67. The lowest BCUT2D eigenvalue weighted by atomic mass is 9.91. The van der Waals surface area contributed by atoms with Crippen molar-refractivity contribution < 1.29 is 4.79 Å². The summed E-state index contributed by atoms with van der Waals surface area (Å²) in [5.41, 5.74) is 1.18. The van der Waals surface area contributed by atoms with E-state index in [0.717, 1.165) is 0 Å². The van der Waals surface area contributed by atoms with E-state index in [2.05, 4.69) is 22.0 Å². The Kier molecular flexibility index (Phi) is 0.943. The van der Waals surface area contributed by atoms with Crippen molar-refractivity contribution in [2.45, 2.75) is 4.83 Å². The van der Waals surface area contributed by atoms with Gasteiger partial charge in [-0.25, -0.2) is 0 Å². The molecule has 0 saturated heterocycles. The van der Waals surface area contributed by atoms with Crippen LogP contribution in [0.4, 0.5) is 0 Å². The van der Waals surface area contributed by atoms with Crippen LogP contribution in [-0.4, -0.2) is 10.6 Å². The molecule has 2 aliphatic carbocycles. The van der Waals surface area contributed by atoms with Gasteiger partial charge in [0.25, 0.3) is 0 Å². The second kappa shape index (κ2) is 1.57. The van der Waals surface area contributed by atoms with Crippen molar-refractivity contribution in [1.82, 2.24) is 0 Å². The first-order valence-corrected chi connectivity index (χ1v) is 3.78. The Balaban J connectivity index is 2.39. The largest absolute Gasteiger partial charge is 0.294 e. The van der Waals surface area contributed by atoms with Gasteiger partial charge < -0.3 is 0 Å². The van der Waals surface area contributed by atoms with Gasteiger partial charge in [0, 0.05) is 5.92 Å². The van der Waals surface area contributed by atoms with Gasteiger partial charge in [0.05, 0.1) is 4.83 Å². The molecule has 2 rings (SSSR count). The van der Waals surface area contributed by atoms with E-state index in [4.69, 9.17) is 0 Å². The molecule has 0 spiro atoms. The van der Waals surface area contributed by atoms with Crippen molar-refractivity contribution in [3.8, 4) is 0 Å². The third-order valence-corrected chi connectivity index (χ3v) is 2.80. The average molecular weight is 185 g/mol. The summed E-state index contributed by atoms with van der Waals surface area (Å²) in [5.74, 6) is 0.595. The molecule has 2 unspecified atom stereocenters. The number of carbonyl (C=O) groups is 1. The van der Waals surface area contributed by atoms with Crippen LogP contribution in [-0.2, 0) is 4.79 Å². The molecule has 0 heterocycles. The van der Waals surface area contributed by atoms with Gasteiger partial charge >= 0.3 is 0 Å². The molecule has 0 aliphatic heterocycles. The maximum Gasteiger partial charge on any atom is 0.170 e. The van der Waals surface area contributed by atoms with Crippen LogP contribution in [0.15, 0.2) is 23.8 Å². The minimum Gasteiger partial charge on any atom is -0.294 e. The van der Waals surface area contributed by atoms with E-state index in [1.807, 2.05) is 6.08 Å². The number of carbonyl (C=O) groups excluding carboxylic acids is 1. The second-order valence-corrected chi connectivity index (χ2v) is 3.32. The van der Waals surface area contributed by atoms with E-state index < -0.39 is 0 Å². The fourth-order valence-electron chi connectivity index (χ4n) is 1.15. The lowest BCUT2D eigenvalue weighted by molar-refractivity contribution is -0.113. The van der Waals surface area contributed by atoms with E-state index in [1.54, 1.807) is 6.08 Å². The Hall–Kier alpha value is -0.370. The molecule has 9 heavy (non-hydrogen) atoms. The molecule has 0 aromatic carbocycles. The molecule has 46 valence electrons. The summed E-state index contributed by atoms with van der Waals surface area (Å²) >= 11 is 3.31. The lowest BCUT2D eigenvalue weighted by Crippen LogP contribution is -2.17. The highest BCUT2D eigenvalue weighted by Gasteiger charge is 2.35. The van der Waals surface area contributed by atoms with E-state index in [0.29, 0.717) is 5.92 Å². The number of alkyl halides is 1. The number of rotatable bonds is 0. The zero-order chi connectivity index (χ0) is 6.43. The van der Waals surface area contributed by atoms with Crippen molar-refractivity contribution in [1.29, 1.82) is 0 Å². The van der Waals surface area contributed by atoms with E-state index in [1.165, 1.54) is 5.57 Å². The van der Waals surface area contributed by atoms with Crippen LogP contribution in [0.25, 0.3) is 0 Å².